The molecular formula is C18H30N2O. The molecule has 0 spiro atoms. The summed E-state index contributed by atoms with van der Waals surface area (Å²) in [6.07, 6.45) is 9.13. The Hall–Kier alpha value is -1.51. The number of carbonyl (C=O) groups excluding carboxylic acids is 1. The topological polar surface area (TPSA) is 55.1 Å². The van der Waals surface area contributed by atoms with Gasteiger partial charge in [0, 0.05) is 6.42 Å². The summed E-state index contributed by atoms with van der Waals surface area (Å²) >= 11 is 0. The fourth-order valence-corrected chi connectivity index (χ4v) is 2.45. The molecule has 0 radical (unpaired) electrons. The van der Waals surface area contributed by atoms with Gasteiger partial charge in [0.15, 0.2) is 0 Å². The van der Waals surface area contributed by atoms with Gasteiger partial charge in [-0.25, -0.2) is 0 Å². The first-order valence-corrected chi connectivity index (χ1v) is 8.21. The highest BCUT2D eigenvalue weighted by molar-refractivity contribution is 5.95. The van der Waals surface area contributed by atoms with Crippen molar-refractivity contribution < 1.29 is 4.79 Å². The highest BCUT2D eigenvalue weighted by atomic mass is 16.1. The Morgan fingerprint density at radius 3 is 2.33 bits per heavy atom. The van der Waals surface area contributed by atoms with E-state index < -0.39 is 0 Å². The van der Waals surface area contributed by atoms with Crippen LogP contribution in [0.3, 0.4) is 0 Å². The third-order valence-corrected chi connectivity index (χ3v) is 4.04. The van der Waals surface area contributed by atoms with E-state index in [0.717, 1.165) is 29.7 Å². The van der Waals surface area contributed by atoms with Crippen molar-refractivity contribution in [1.29, 1.82) is 0 Å². The minimum atomic E-state index is 0.0731. The van der Waals surface area contributed by atoms with Crippen LogP contribution < -0.4 is 11.1 Å². The number of benzene rings is 1. The second-order valence-corrected chi connectivity index (χ2v) is 5.89. The van der Waals surface area contributed by atoms with Crippen molar-refractivity contribution >= 4 is 17.3 Å². The maximum Gasteiger partial charge on any atom is 0.224 e. The number of amides is 1. The third kappa shape index (κ3) is 6.19. The molecule has 1 amide bonds. The molecule has 0 aromatic heterocycles. The van der Waals surface area contributed by atoms with E-state index in [-0.39, 0.29) is 5.91 Å². The summed E-state index contributed by atoms with van der Waals surface area (Å²) in [5, 5.41) is 2.97. The van der Waals surface area contributed by atoms with Crippen molar-refractivity contribution in [3.05, 3.63) is 23.3 Å². The monoisotopic (exact) mass is 290 g/mol. The van der Waals surface area contributed by atoms with Crippen LogP contribution in [0.15, 0.2) is 12.1 Å². The fourth-order valence-electron chi connectivity index (χ4n) is 2.45. The average Bonchev–Trinajstić information content (AvgIpc) is 2.47. The molecule has 0 unspecified atom stereocenters. The maximum atomic E-state index is 12.0. The van der Waals surface area contributed by atoms with E-state index in [1.165, 1.54) is 32.1 Å². The van der Waals surface area contributed by atoms with Crippen LogP contribution >= 0.6 is 0 Å². The summed E-state index contributed by atoms with van der Waals surface area (Å²) < 4.78 is 0. The van der Waals surface area contributed by atoms with Crippen molar-refractivity contribution in [2.45, 2.75) is 72.1 Å². The van der Waals surface area contributed by atoms with E-state index in [2.05, 4.69) is 12.2 Å². The lowest BCUT2D eigenvalue weighted by atomic mass is 10.1. The van der Waals surface area contributed by atoms with E-state index in [1.807, 2.05) is 26.0 Å². The SMILES string of the molecule is CCCCCCCCCC(=O)Nc1c(N)ccc(C)c1C. The Bertz CT molecular complexity index is 455. The number of nitrogen functional groups attached to an aromatic ring is 1. The molecule has 3 nitrogen and oxygen atoms in total. The summed E-state index contributed by atoms with van der Waals surface area (Å²) in [7, 11) is 0. The molecule has 0 fully saturated rings. The standard InChI is InChI=1S/C18H30N2O/c1-4-5-6-7-8-9-10-11-17(21)20-18-15(3)14(2)12-13-16(18)19/h12-13H,4-11,19H2,1-3H3,(H,20,21). The molecule has 0 bridgehead atoms. The van der Waals surface area contributed by atoms with Crippen LogP contribution in [0.2, 0.25) is 0 Å². The van der Waals surface area contributed by atoms with Gasteiger partial charge in [-0.05, 0) is 37.5 Å². The van der Waals surface area contributed by atoms with Crippen LogP contribution in [-0.2, 0) is 4.79 Å². The van der Waals surface area contributed by atoms with Crippen LogP contribution in [0.25, 0.3) is 0 Å². The molecule has 3 heteroatoms. The molecule has 0 saturated carbocycles. The van der Waals surface area contributed by atoms with Crippen LogP contribution in [-0.4, -0.2) is 5.91 Å². The van der Waals surface area contributed by atoms with Crippen molar-refractivity contribution in [3.8, 4) is 0 Å². The first-order valence-electron chi connectivity index (χ1n) is 8.21. The summed E-state index contributed by atoms with van der Waals surface area (Å²) in [6, 6.07) is 3.84. The first-order chi connectivity index (χ1) is 10.1. The van der Waals surface area contributed by atoms with Gasteiger partial charge >= 0.3 is 0 Å². The quantitative estimate of drug-likeness (QED) is 0.498. The van der Waals surface area contributed by atoms with Crippen LogP contribution in [0.4, 0.5) is 11.4 Å². The number of hydrogen-bond acceptors (Lipinski definition) is 2. The number of rotatable bonds is 9. The van der Waals surface area contributed by atoms with E-state index in [9.17, 15) is 4.79 Å². The molecule has 21 heavy (non-hydrogen) atoms. The van der Waals surface area contributed by atoms with Gasteiger partial charge in [0.05, 0.1) is 11.4 Å². The summed E-state index contributed by atoms with van der Waals surface area (Å²) in [6.45, 7) is 6.25. The Kier molecular flexibility index (Phi) is 7.88. The molecule has 0 aliphatic heterocycles. The van der Waals surface area contributed by atoms with Gasteiger partial charge in [-0.1, -0.05) is 51.5 Å². The first kappa shape index (κ1) is 17.5. The zero-order valence-electron chi connectivity index (χ0n) is 13.8. The summed E-state index contributed by atoms with van der Waals surface area (Å²) in [5.41, 5.74) is 9.58. The van der Waals surface area contributed by atoms with Gasteiger partial charge < -0.3 is 11.1 Å². The van der Waals surface area contributed by atoms with Gasteiger partial charge in [0.2, 0.25) is 5.91 Å². The lowest BCUT2D eigenvalue weighted by molar-refractivity contribution is -0.116. The number of anilines is 2. The molecule has 0 aliphatic rings. The molecule has 3 N–H and O–H groups in total. The Labute approximate surface area is 129 Å². The van der Waals surface area contributed by atoms with Gasteiger partial charge in [0.1, 0.15) is 0 Å². The predicted octanol–water partition coefficient (Wildman–Crippen LogP) is 4.96. The highest BCUT2D eigenvalue weighted by Crippen LogP contribution is 2.26. The molecule has 0 heterocycles. The normalized spacial score (nSPS) is 10.6. The molecule has 0 saturated heterocycles. The molecule has 0 aliphatic carbocycles. The molecule has 118 valence electrons. The van der Waals surface area contributed by atoms with Crippen molar-refractivity contribution in [1.82, 2.24) is 0 Å². The summed E-state index contributed by atoms with van der Waals surface area (Å²) in [4.78, 5) is 12.0. The predicted molar refractivity (Wildman–Crippen MR) is 91.6 cm³/mol. The molecule has 1 rings (SSSR count). The lowest BCUT2D eigenvalue weighted by Crippen LogP contribution is -2.14. The minimum Gasteiger partial charge on any atom is -0.397 e. The lowest BCUT2D eigenvalue weighted by Gasteiger charge is -2.13. The van der Waals surface area contributed by atoms with Gasteiger partial charge in [-0.15, -0.1) is 0 Å². The molecule has 0 atom stereocenters. The van der Waals surface area contributed by atoms with Gasteiger partial charge in [-0.3, -0.25) is 4.79 Å². The zero-order chi connectivity index (χ0) is 15.7. The Morgan fingerprint density at radius 1 is 1.05 bits per heavy atom. The highest BCUT2D eigenvalue weighted by Gasteiger charge is 2.09. The van der Waals surface area contributed by atoms with Gasteiger partial charge in [-0.2, -0.15) is 0 Å². The number of aryl methyl sites for hydroxylation is 1. The average molecular weight is 290 g/mol. The van der Waals surface area contributed by atoms with Crippen molar-refractivity contribution in [2.24, 2.45) is 0 Å². The van der Waals surface area contributed by atoms with Gasteiger partial charge in [0.25, 0.3) is 0 Å². The second kappa shape index (κ2) is 9.43. The Balaban J connectivity index is 2.30. The smallest absolute Gasteiger partial charge is 0.224 e. The molecule has 1 aromatic carbocycles. The minimum absolute atomic E-state index is 0.0731. The zero-order valence-corrected chi connectivity index (χ0v) is 13.8. The summed E-state index contributed by atoms with van der Waals surface area (Å²) in [5.74, 6) is 0.0731. The van der Waals surface area contributed by atoms with Crippen LogP contribution in [0.5, 0.6) is 0 Å². The largest absolute Gasteiger partial charge is 0.397 e. The van der Waals surface area contributed by atoms with Crippen molar-refractivity contribution in [2.75, 3.05) is 11.1 Å². The van der Waals surface area contributed by atoms with E-state index in [4.69, 9.17) is 5.73 Å². The molecular weight excluding hydrogens is 260 g/mol. The maximum absolute atomic E-state index is 12.0. The number of carbonyl (C=O) groups is 1. The van der Waals surface area contributed by atoms with Crippen LogP contribution in [0, 0.1) is 13.8 Å². The van der Waals surface area contributed by atoms with E-state index in [1.54, 1.807) is 0 Å². The number of hydrogen-bond donors (Lipinski definition) is 2. The Morgan fingerprint density at radius 2 is 1.67 bits per heavy atom. The third-order valence-electron chi connectivity index (χ3n) is 4.04. The molecule has 1 aromatic rings. The van der Waals surface area contributed by atoms with E-state index in [0.29, 0.717) is 12.1 Å². The van der Waals surface area contributed by atoms with Crippen molar-refractivity contribution in [3.63, 3.8) is 0 Å². The van der Waals surface area contributed by atoms with Crippen LogP contribution in [0.1, 0.15) is 69.4 Å². The number of nitrogens with two attached hydrogens (primary N) is 1. The fraction of sp³-hybridized carbons (Fsp3) is 0.611. The van der Waals surface area contributed by atoms with E-state index >= 15 is 0 Å². The number of unbranched alkanes of at least 4 members (excludes halogenated alkanes) is 6. The second-order valence-electron chi connectivity index (χ2n) is 5.89. The number of nitrogens with one attached hydrogen (secondary N) is 1.